The van der Waals surface area contributed by atoms with E-state index in [1.54, 1.807) is 24.3 Å². The minimum Gasteiger partial charge on any atom is -0.489 e. The first kappa shape index (κ1) is 21.6. The number of nitriles is 1. The first-order chi connectivity index (χ1) is 15.6. The van der Waals surface area contributed by atoms with Crippen LogP contribution in [0.25, 0.3) is 0 Å². The molecule has 4 rings (SSSR count). The summed E-state index contributed by atoms with van der Waals surface area (Å²) in [5.41, 5.74) is 2.96. The van der Waals surface area contributed by atoms with Gasteiger partial charge < -0.3 is 14.8 Å². The van der Waals surface area contributed by atoms with Crippen molar-refractivity contribution in [2.75, 3.05) is 11.9 Å². The molecular weight excluding hydrogens is 424 g/mol. The Morgan fingerprint density at radius 2 is 1.78 bits per heavy atom. The summed E-state index contributed by atoms with van der Waals surface area (Å²) in [4.78, 5) is 25.7. The number of esters is 1. The van der Waals surface area contributed by atoms with Crippen molar-refractivity contribution in [1.29, 1.82) is 5.26 Å². The molecule has 0 atom stereocenters. The summed E-state index contributed by atoms with van der Waals surface area (Å²) in [6, 6.07) is 18.6. The van der Waals surface area contributed by atoms with Crippen molar-refractivity contribution in [1.82, 2.24) is 0 Å². The van der Waals surface area contributed by atoms with Crippen molar-refractivity contribution in [3.05, 3.63) is 81.7 Å². The lowest BCUT2D eigenvalue weighted by Gasteiger charge is -2.09. The van der Waals surface area contributed by atoms with Gasteiger partial charge in [-0.2, -0.15) is 5.26 Å². The molecular formula is C25H22N2O4S. The highest BCUT2D eigenvalue weighted by Crippen LogP contribution is 2.37. The third-order valence-electron chi connectivity index (χ3n) is 5.21. The third-order valence-corrected chi connectivity index (χ3v) is 6.42. The number of rotatable bonds is 7. The second kappa shape index (κ2) is 10.1. The van der Waals surface area contributed by atoms with Crippen LogP contribution in [-0.4, -0.2) is 18.5 Å². The molecule has 1 aromatic heterocycles. The SMILES string of the molecule is N#Cc1c(NC(=O)COC(=O)c2ccc(OCc3ccccc3)cc2)sc2c1CCCC2. The third kappa shape index (κ3) is 5.16. The predicted octanol–water partition coefficient (Wildman–Crippen LogP) is 4.87. The van der Waals surface area contributed by atoms with E-state index in [4.69, 9.17) is 9.47 Å². The molecule has 1 amide bonds. The maximum atomic E-state index is 12.3. The molecule has 1 aliphatic rings. The van der Waals surface area contributed by atoms with E-state index in [9.17, 15) is 14.9 Å². The smallest absolute Gasteiger partial charge is 0.338 e. The number of amides is 1. The molecule has 0 saturated heterocycles. The fraction of sp³-hybridized carbons (Fsp3) is 0.240. The molecule has 0 radical (unpaired) electrons. The van der Waals surface area contributed by atoms with Crippen LogP contribution in [0.5, 0.6) is 5.75 Å². The molecule has 0 aliphatic heterocycles. The minimum atomic E-state index is -0.597. The standard InChI is InChI=1S/C25H22N2O4S/c26-14-21-20-8-4-5-9-22(20)32-24(21)27-23(28)16-31-25(29)18-10-12-19(13-11-18)30-15-17-6-2-1-3-7-17/h1-3,6-7,10-13H,4-5,8-9,15-16H2,(H,27,28). The summed E-state index contributed by atoms with van der Waals surface area (Å²) in [7, 11) is 0. The van der Waals surface area contributed by atoms with Gasteiger partial charge in [0, 0.05) is 4.88 Å². The molecule has 2 aromatic carbocycles. The summed E-state index contributed by atoms with van der Waals surface area (Å²) >= 11 is 1.44. The van der Waals surface area contributed by atoms with Gasteiger partial charge in [0.05, 0.1) is 11.1 Å². The highest BCUT2D eigenvalue weighted by molar-refractivity contribution is 7.16. The number of carbonyl (C=O) groups excluding carboxylic acids is 2. The van der Waals surface area contributed by atoms with Crippen molar-refractivity contribution in [3.63, 3.8) is 0 Å². The van der Waals surface area contributed by atoms with E-state index in [1.165, 1.54) is 11.3 Å². The average molecular weight is 447 g/mol. The minimum absolute atomic E-state index is 0.328. The van der Waals surface area contributed by atoms with Crippen molar-refractivity contribution < 1.29 is 19.1 Å². The zero-order valence-corrected chi connectivity index (χ0v) is 18.2. The van der Waals surface area contributed by atoms with E-state index in [-0.39, 0.29) is 0 Å². The lowest BCUT2D eigenvalue weighted by molar-refractivity contribution is -0.119. The quantitative estimate of drug-likeness (QED) is 0.523. The van der Waals surface area contributed by atoms with E-state index in [0.717, 1.165) is 41.7 Å². The fourth-order valence-corrected chi connectivity index (χ4v) is 4.83. The van der Waals surface area contributed by atoms with E-state index < -0.39 is 18.5 Å². The summed E-state index contributed by atoms with van der Waals surface area (Å²) in [5, 5.41) is 12.7. The highest BCUT2D eigenvalue weighted by atomic mass is 32.1. The number of hydrogen-bond donors (Lipinski definition) is 1. The molecule has 7 heteroatoms. The predicted molar refractivity (Wildman–Crippen MR) is 122 cm³/mol. The lowest BCUT2D eigenvalue weighted by atomic mass is 9.96. The van der Waals surface area contributed by atoms with E-state index in [0.29, 0.717) is 28.5 Å². The lowest BCUT2D eigenvalue weighted by Crippen LogP contribution is -2.20. The second-order valence-electron chi connectivity index (χ2n) is 7.45. The van der Waals surface area contributed by atoms with Gasteiger partial charge in [0.15, 0.2) is 6.61 Å². The Kier molecular flexibility index (Phi) is 6.83. The normalized spacial score (nSPS) is 12.3. The second-order valence-corrected chi connectivity index (χ2v) is 8.55. The molecule has 0 spiro atoms. The maximum absolute atomic E-state index is 12.3. The van der Waals surface area contributed by atoms with Crippen LogP contribution in [0.3, 0.4) is 0 Å². The number of nitrogens with zero attached hydrogens (tertiary/aromatic N) is 1. The number of ether oxygens (including phenoxy) is 2. The van der Waals surface area contributed by atoms with Crippen LogP contribution < -0.4 is 10.1 Å². The zero-order valence-electron chi connectivity index (χ0n) is 17.4. The van der Waals surface area contributed by atoms with Crippen LogP contribution in [0.15, 0.2) is 54.6 Å². The maximum Gasteiger partial charge on any atom is 0.338 e. The van der Waals surface area contributed by atoms with Crippen molar-refractivity contribution in [3.8, 4) is 11.8 Å². The van der Waals surface area contributed by atoms with Gasteiger partial charge in [0.2, 0.25) is 0 Å². The molecule has 1 aliphatic carbocycles. The van der Waals surface area contributed by atoms with Crippen LogP contribution in [0.4, 0.5) is 5.00 Å². The van der Waals surface area contributed by atoms with E-state index in [2.05, 4.69) is 11.4 Å². The van der Waals surface area contributed by atoms with Crippen molar-refractivity contribution in [2.45, 2.75) is 32.3 Å². The van der Waals surface area contributed by atoms with Crippen molar-refractivity contribution in [2.24, 2.45) is 0 Å². The Hall–Kier alpha value is -3.63. The molecule has 0 fully saturated rings. The number of aryl methyl sites for hydroxylation is 1. The summed E-state index contributed by atoms with van der Waals surface area (Å²) in [6.07, 6.45) is 3.95. The molecule has 162 valence electrons. The Bertz CT molecular complexity index is 1150. The van der Waals surface area contributed by atoms with Gasteiger partial charge in [-0.3, -0.25) is 4.79 Å². The number of carbonyl (C=O) groups is 2. The number of anilines is 1. The van der Waals surface area contributed by atoms with Gasteiger partial charge in [-0.15, -0.1) is 11.3 Å². The summed E-state index contributed by atoms with van der Waals surface area (Å²) in [6.45, 7) is 0.0141. The molecule has 6 nitrogen and oxygen atoms in total. The van der Waals surface area contributed by atoms with Gasteiger partial charge >= 0.3 is 5.97 Å². The van der Waals surface area contributed by atoms with Crippen LogP contribution >= 0.6 is 11.3 Å². The average Bonchev–Trinajstić information content (AvgIpc) is 3.19. The van der Waals surface area contributed by atoms with E-state index in [1.807, 2.05) is 30.3 Å². The highest BCUT2D eigenvalue weighted by Gasteiger charge is 2.22. The van der Waals surface area contributed by atoms with Crippen LogP contribution in [-0.2, 0) is 29.0 Å². The van der Waals surface area contributed by atoms with Gasteiger partial charge in [0.25, 0.3) is 5.91 Å². The molecule has 3 aromatic rings. The molecule has 1 heterocycles. The molecule has 32 heavy (non-hydrogen) atoms. The van der Waals surface area contributed by atoms with Crippen LogP contribution in [0.1, 0.15) is 44.8 Å². The number of nitrogens with one attached hydrogen (secondary N) is 1. The summed E-state index contributed by atoms with van der Waals surface area (Å²) < 4.78 is 10.8. The first-order valence-corrected chi connectivity index (χ1v) is 11.2. The monoisotopic (exact) mass is 446 g/mol. The summed E-state index contributed by atoms with van der Waals surface area (Å²) in [5.74, 6) is -0.425. The fourth-order valence-electron chi connectivity index (χ4n) is 3.58. The molecule has 0 bridgehead atoms. The molecule has 0 unspecified atom stereocenters. The Balaban J connectivity index is 1.28. The molecule has 1 N–H and O–H groups in total. The number of thiophene rings is 1. The van der Waals surface area contributed by atoms with Gasteiger partial charge in [-0.25, -0.2) is 4.79 Å². The van der Waals surface area contributed by atoms with E-state index >= 15 is 0 Å². The number of fused-ring (bicyclic) bond motifs is 1. The topological polar surface area (TPSA) is 88.4 Å². The van der Waals surface area contributed by atoms with Crippen molar-refractivity contribution >= 4 is 28.2 Å². The Labute approximate surface area is 190 Å². The van der Waals surface area contributed by atoms with Gasteiger partial charge in [0.1, 0.15) is 23.4 Å². The van der Waals surface area contributed by atoms with Gasteiger partial charge in [-0.1, -0.05) is 30.3 Å². The van der Waals surface area contributed by atoms with Crippen LogP contribution in [0.2, 0.25) is 0 Å². The largest absolute Gasteiger partial charge is 0.489 e. The van der Waals surface area contributed by atoms with Gasteiger partial charge in [-0.05, 0) is 61.1 Å². The first-order valence-electron chi connectivity index (χ1n) is 10.4. The van der Waals surface area contributed by atoms with Crippen LogP contribution in [0, 0.1) is 11.3 Å². The number of hydrogen-bond acceptors (Lipinski definition) is 6. The number of benzene rings is 2. The Morgan fingerprint density at radius 1 is 1.03 bits per heavy atom. The Morgan fingerprint density at radius 3 is 2.53 bits per heavy atom. The molecule has 0 saturated carbocycles. The zero-order chi connectivity index (χ0) is 22.3.